The van der Waals surface area contributed by atoms with Crippen LogP contribution in [0, 0.1) is 6.92 Å². The number of nitrogens with two attached hydrogens (primary N) is 1. The second-order valence-electron chi connectivity index (χ2n) is 5.64. The van der Waals surface area contributed by atoms with Gasteiger partial charge in [0.15, 0.2) is 6.61 Å². The van der Waals surface area contributed by atoms with E-state index in [-0.39, 0.29) is 18.4 Å². The molecule has 25 heavy (non-hydrogen) atoms. The minimum absolute atomic E-state index is 0.0438. The summed E-state index contributed by atoms with van der Waals surface area (Å²) in [6.45, 7) is 4.34. The van der Waals surface area contributed by atoms with Gasteiger partial charge in [-0.3, -0.25) is 9.59 Å². The molecule has 2 rings (SSSR count). The largest absolute Gasteiger partial charge is 0.484 e. The van der Waals surface area contributed by atoms with Gasteiger partial charge in [-0.25, -0.2) is 0 Å². The summed E-state index contributed by atoms with van der Waals surface area (Å²) >= 11 is 0. The van der Waals surface area contributed by atoms with E-state index in [1.807, 2.05) is 38.1 Å². The lowest BCUT2D eigenvalue weighted by Gasteiger charge is -2.13. The molecule has 0 fully saturated rings. The number of carbonyl (C=O) groups excluding carboxylic acids is 2. The van der Waals surface area contributed by atoms with Crippen LogP contribution in [0.25, 0.3) is 0 Å². The summed E-state index contributed by atoms with van der Waals surface area (Å²) < 4.78 is 5.36. The van der Waals surface area contributed by atoms with Crippen molar-refractivity contribution in [2.75, 3.05) is 18.5 Å². The smallest absolute Gasteiger partial charge is 0.257 e. The van der Waals surface area contributed by atoms with Gasteiger partial charge >= 0.3 is 0 Å². The van der Waals surface area contributed by atoms with Gasteiger partial charge in [-0.15, -0.1) is 0 Å². The Morgan fingerprint density at radius 2 is 1.72 bits per heavy atom. The summed E-state index contributed by atoms with van der Waals surface area (Å²) in [6.07, 6.45) is 0. The predicted molar refractivity (Wildman–Crippen MR) is 97.4 cm³/mol. The quantitative estimate of drug-likeness (QED) is 0.719. The van der Waals surface area contributed by atoms with Crippen LogP contribution in [0.3, 0.4) is 0 Å². The average molecular weight is 341 g/mol. The summed E-state index contributed by atoms with van der Waals surface area (Å²) in [5.41, 5.74) is 8.47. The zero-order chi connectivity index (χ0) is 18.2. The maximum atomic E-state index is 12.2. The van der Waals surface area contributed by atoms with Gasteiger partial charge in [0, 0.05) is 12.2 Å². The Labute approximate surface area is 147 Å². The maximum Gasteiger partial charge on any atom is 0.257 e. The van der Waals surface area contributed by atoms with Gasteiger partial charge in [-0.1, -0.05) is 29.8 Å². The number of aryl methyl sites for hydroxylation is 1. The molecule has 0 aliphatic rings. The molecule has 132 valence electrons. The number of anilines is 1. The molecule has 6 heteroatoms. The van der Waals surface area contributed by atoms with E-state index in [0.717, 1.165) is 11.1 Å². The Kier molecular flexibility index (Phi) is 6.54. The molecule has 0 aromatic heterocycles. The van der Waals surface area contributed by atoms with Crippen LogP contribution < -0.4 is 21.1 Å². The summed E-state index contributed by atoms with van der Waals surface area (Å²) in [4.78, 5) is 23.6. The Morgan fingerprint density at radius 3 is 2.32 bits per heavy atom. The van der Waals surface area contributed by atoms with E-state index in [0.29, 0.717) is 18.0 Å². The van der Waals surface area contributed by atoms with E-state index in [4.69, 9.17) is 10.5 Å². The highest BCUT2D eigenvalue weighted by Crippen LogP contribution is 2.18. The summed E-state index contributed by atoms with van der Waals surface area (Å²) in [5, 5.41) is 5.42. The van der Waals surface area contributed by atoms with Gasteiger partial charge in [0.25, 0.3) is 5.91 Å². The molecule has 6 nitrogen and oxygen atoms in total. The van der Waals surface area contributed by atoms with E-state index >= 15 is 0 Å². The van der Waals surface area contributed by atoms with Crippen LogP contribution in [0.15, 0.2) is 48.5 Å². The van der Waals surface area contributed by atoms with Crippen molar-refractivity contribution in [2.24, 2.45) is 5.73 Å². The number of nitrogens with one attached hydrogen (secondary N) is 2. The standard InChI is InChI=1S/C19H23N3O3/c1-3-21-17(23)12-25-16-10-8-15(9-11-16)22-19(24)18(20)14-6-4-13(2)5-7-14/h4-11,18H,3,12,20H2,1-2H3,(H,21,23)(H,22,24). The first-order chi connectivity index (χ1) is 12.0. The van der Waals surface area contributed by atoms with Crippen molar-refractivity contribution in [3.8, 4) is 5.75 Å². The van der Waals surface area contributed by atoms with Crippen molar-refractivity contribution < 1.29 is 14.3 Å². The van der Waals surface area contributed by atoms with Gasteiger partial charge in [0.1, 0.15) is 11.8 Å². The molecular formula is C19H23N3O3. The summed E-state index contributed by atoms with van der Waals surface area (Å²) in [5.74, 6) is 0.0795. The zero-order valence-electron chi connectivity index (χ0n) is 14.4. The minimum Gasteiger partial charge on any atom is -0.484 e. The molecular weight excluding hydrogens is 318 g/mol. The molecule has 2 aromatic carbocycles. The fourth-order valence-electron chi connectivity index (χ4n) is 2.18. The topological polar surface area (TPSA) is 93.5 Å². The normalized spacial score (nSPS) is 11.5. The molecule has 2 amide bonds. The molecule has 0 aliphatic heterocycles. The number of hydrogen-bond acceptors (Lipinski definition) is 4. The lowest BCUT2D eigenvalue weighted by atomic mass is 10.1. The van der Waals surface area contributed by atoms with Crippen LogP contribution in [-0.2, 0) is 9.59 Å². The lowest BCUT2D eigenvalue weighted by Crippen LogP contribution is -2.28. The van der Waals surface area contributed by atoms with Crippen LogP contribution in [0.2, 0.25) is 0 Å². The maximum absolute atomic E-state index is 12.2. The average Bonchev–Trinajstić information content (AvgIpc) is 2.61. The van der Waals surface area contributed by atoms with Crippen LogP contribution in [0.4, 0.5) is 5.69 Å². The number of amides is 2. The summed E-state index contributed by atoms with van der Waals surface area (Å²) in [6, 6.07) is 13.6. The number of hydrogen-bond donors (Lipinski definition) is 3. The van der Waals surface area contributed by atoms with Gasteiger partial charge < -0.3 is 21.1 Å². The van der Waals surface area contributed by atoms with Crippen molar-refractivity contribution in [3.63, 3.8) is 0 Å². The second kappa shape index (κ2) is 8.84. The van der Waals surface area contributed by atoms with Crippen molar-refractivity contribution >= 4 is 17.5 Å². The number of likely N-dealkylation sites (N-methyl/N-ethyl adjacent to an activating group) is 1. The summed E-state index contributed by atoms with van der Waals surface area (Å²) in [7, 11) is 0. The highest BCUT2D eigenvalue weighted by molar-refractivity contribution is 5.95. The van der Waals surface area contributed by atoms with Gasteiger partial charge in [-0.05, 0) is 43.7 Å². The molecule has 0 saturated carbocycles. The van der Waals surface area contributed by atoms with Crippen LogP contribution in [-0.4, -0.2) is 25.0 Å². The van der Waals surface area contributed by atoms with E-state index in [2.05, 4.69) is 10.6 Å². The third-order valence-electron chi connectivity index (χ3n) is 3.58. The van der Waals surface area contributed by atoms with Crippen LogP contribution in [0.1, 0.15) is 24.1 Å². The van der Waals surface area contributed by atoms with Crippen molar-refractivity contribution in [2.45, 2.75) is 19.9 Å². The number of rotatable bonds is 7. The third kappa shape index (κ3) is 5.61. The Balaban J connectivity index is 1.90. The Bertz CT molecular complexity index is 712. The number of ether oxygens (including phenoxy) is 1. The monoisotopic (exact) mass is 341 g/mol. The van der Waals surface area contributed by atoms with Crippen molar-refractivity contribution in [1.29, 1.82) is 0 Å². The number of benzene rings is 2. The number of carbonyl (C=O) groups is 2. The van der Waals surface area contributed by atoms with Gasteiger partial charge in [0.05, 0.1) is 0 Å². The highest BCUT2D eigenvalue weighted by atomic mass is 16.5. The van der Waals surface area contributed by atoms with Crippen molar-refractivity contribution in [1.82, 2.24) is 5.32 Å². The molecule has 0 saturated heterocycles. The minimum atomic E-state index is -0.741. The Morgan fingerprint density at radius 1 is 1.08 bits per heavy atom. The van der Waals surface area contributed by atoms with Gasteiger partial charge in [-0.2, -0.15) is 0 Å². The Hall–Kier alpha value is -2.86. The SMILES string of the molecule is CCNC(=O)COc1ccc(NC(=O)C(N)c2ccc(C)cc2)cc1. The first kappa shape index (κ1) is 18.5. The fourth-order valence-corrected chi connectivity index (χ4v) is 2.18. The van der Waals surface area contributed by atoms with E-state index in [1.54, 1.807) is 24.3 Å². The first-order valence-electron chi connectivity index (χ1n) is 8.12. The third-order valence-corrected chi connectivity index (χ3v) is 3.58. The molecule has 0 heterocycles. The zero-order valence-corrected chi connectivity index (χ0v) is 14.4. The lowest BCUT2D eigenvalue weighted by molar-refractivity contribution is -0.123. The molecule has 0 aliphatic carbocycles. The van der Waals surface area contributed by atoms with E-state index in [9.17, 15) is 9.59 Å². The molecule has 0 radical (unpaired) electrons. The van der Waals surface area contributed by atoms with Crippen LogP contribution in [0.5, 0.6) is 5.75 Å². The van der Waals surface area contributed by atoms with Crippen LogP contribution >= 0.6 is 0 Å². The second-order valence-corrected chi connectivity index (χ2v) is 5.64. The molecule has 1 unspecified atom stereocenters. The molecule has 0 spiro atoms. The van der Waals surface area contributed by atoms with Crippen molar-refractivity contribution in [3.05, 3.63) is 59.7 Å². The van der Waals surface area contributed by atoms with E-state index < -0.39 is 6.04 Å². The first-order valence-corrected chi connectivity index (χ1v) is 8.12. The van der Waals surface area contributed by atoms with E-state index in [1.165, 1.54) is 0 Å². The molecule has 1 atom stereocenters. The molecule has 0 bridgehead atoms. The highest BCUT2D eigenvalue weighted by Gasteiger charge is 2.15. The predicted octanol–water partition coefficient (Wildman–Crippen LogP) is 2.15. The molecule has 4 N–H and O–H groups in total. The fraction of sp³-hybridized carbons (Fsp3) is 0.263. The van der Waals surface area contributed by atoms with Gasteiger partial charge in [0.2, 0.25) is 5.91 Å². The molecule has 2 aromatic rings.